The summed E-state index contributed by atoms with van der Waals surface area (Å²) < 4.78 is 21.5. The van der Waals surface area contributed by atoms with Crippen molar-refractivity contribution in [3.05, 3.63) is 0 Å². The van der Waals surface area contributed by atoms with Gasteiger partial charge in [-0.15, -0.1) is 0 Å². The Morgan fingerprint density at radius 2 is 1.42 bits per heavy atom. The van der Waals surface area contributed by atoms with Gasteiger partial charge in [-0.2, -0.15) is 0 Å². The maximum atomic E-state index is 11.6. The van der Waals surface area contributed by atoms with Crippen LogP contribution in [0.2, 0.25) is 0 Å². The number of carboxylic acids is 1. The third kappa shape index (κ3) is 8.71. The highest BCUT2D eigenvalue weighted by atomic mass is 31.2. The number of nitrogens with zero attached hydrogens (tertiary/aromatic N) is 2. The average molecular weight is 320 g/mol. The molecule has 0 aliphatic rings. The van der Waals surface area contributed by atoms with Crippen molar-refractivity contribution in [3.63, 3.8) is 0 Å². The number of carbonyl (C=O) groups excluding carboxylic acids is 1. The fourth-order valence-corrected chi connectivity index (χ4v) is 2.48. The van der Waals surface area contributed by atoms with Gasteiger partial charge in [-0.05, 0) is 0 Å². The molecule has 13 heteroatoms. The van der Waals surface area contributed by atoms with Crippen molar-refractivity contribution in [3.8, 4) is 0 Å². The average Bonchev–Trinajstić information content (AvgIpc) is 2.09. The molecule has 2 amide bonds. The molecule has 0 bridgehead atoms. The van der Waals surface area contributed by atoms with E-state index in [0.717, 1.165) is 7.05 Å². The Balaban J connectivity index is 4.94. The van der Waals surface area contributed by atoms with Gasteiger partial charge in [0.25, 0.3) is 0 Å². The SMILES string of the molecule is CN(CP(=O)(O)O)C(=O)N(CC(=O)O)CP(=O)(O)O. The van der Waals surface area contributed by atoms with Crippen molar-refractivity contribution in [1.82, 2.24) is 9.80 Å². The lowest BCUT2D eigenvalue weighted by atomic mass is 10.6. The summed E-state index contributed by atoms with van der Waals surface area (Å²) in [5.74, 6) is -1.52. The molecule has 0 saturated carbocycles. The first-order chi connectivity index (χ1) is 8.32. The zero-order valence-corrected chi connectivity index (χ0v) is 11.6. The summed E-state index contributed by atoms with van der Waals surface area (Å²) in [6, 6.07) is -1.21. The van der Waals surface area contributed by atoms with Gasteiger partial charge < -0.3 is 34.5 Å². The van der Waals surface area contributed by atoms with E-state index in [9.17, 15) is 18.7 Å². The molecule has 0 aromatic rings. The minimum absolute atomic E-state index is 0.290. The van der Waals surface area contributed by atoms with Crippen molar-refractivity contribution in [2.45, 2.75) is 0 Å². The number of rotatable bonds is 6. The van der Waals surface area contributed by atoms with Crippen LogP contribution < -0.4 is 0 Å². The lowest BCUT2D eigenvalue weighted by molar-refractivity contribution is -0.137. The largest absolute Gasteiger partial charge is 0.480 e. The molecule has 0 atom stereocenters. The molecule has 0 aliphatic carbocycles. The summed E-state index contributed by atoms with van der Waals surface area (Å²) in [6.45, 7) is -1.00. The summed E-state index contributed by atoms with van der Waals surface area (Å²) in [5, 5.41) is 8.53. The summed E-state index contributed by atoms with van der Waals surface area (Å²) in [4.78, 5) is 57.7. The minimum atomic E-state index is -4.70. The van der Waals surface area contributed by atoms with Gasteiger partial charge in [0.2, 0.25) is 0 Å². The zero-order chi connectivity index (χ0) is 15.4. The molecule has 112 valence electrons. The summed E-state index contributed by atoms with van der Waals surface area (Å²) >= 11 is 0. The fraction of sp³-hybridized carbons (Fsp3) is 0.667. The van der Waals surface area contributed by atoms with E-state index in [4.69, 9.17) is 24.7 Å². The van der Waals surface area contributed by atoms with Crippen molar-refractivity contribution in [2.75, 3.05) is 26.2 Å². The molecule has 0 radical (unpaired) electrons. The predicted molar refractivity (Wildman–Crippen MR) is 61.3 cm³/mol. The first kappa shape index (κ1) is 18.0. The van der Waals surface area contributed by atoms with Crippen LogP contribution in [-0.4, -0.2) is 72.6 Å². The lowest BCUT2D eigenvalue weighted by Crippen LogP contribution is -2.44. The highest BCUT2D eigenvalue weighted by molar-refractivity contribution is 7.52. The number of carbonyl (C=O) groups is 2. The maximum absolute atomic E-state index is 11.6. The van der Waals surface area contributed by atoms with Crippen LogP contribution in [0.3, 0.4) is 0 Å². The third-order valence-corrected chi connectivity index (χ3v) is 3.18. The van der Waals surface area contributed by atoms with Crippen LogP contribution >= 0.6 is 15.2 Å². The highest BCUT2D eigenvalue weighted by Crippen LogP contribution is 2.37. The topological polar surface area (TPSA) is 176 Å². The number of hydrogen-bond acceptors (Lipinski definition) is 4. The molecule has 0 heterocycles. The molecule has 0 aromatic carbocycles. The molecule has 0 spiro atoms. The second-order valence-electron chi connectivity index (χ2n) is 3.68. The van der Waals surface area contributed by atoms with Crippen LogP contribution in [0, 0.1) is 0 Å². The number of carboxylic acid groups (broad SMARTS) is 1. The first-order valence-electron chi connectivity index (χ1n) is 4.63. The quantitative estimate of drug-likeness (QED) is 0.372. The number of aliphatic carboxylic acids is 1. The van der Waals surface area contributed by atoms with E-state index >= 15 is 0 Å². The standard InChI is InChI=1S/C6H14N2O9P2/c1-7(3-18(12,13)14)6(11)8(2-5(9)10)4-19(15,16)17/h2-4H2,1H3,(H,9,10)(H2,12,13,14)(H2,15,16,17). The highest BCUT2D eigenvalue weighted by Gasteiger charge is 2.30. The van der Waals surface area contributed by atoms with Crippen molar-refractivity contribution in [1.29, 1.82) is 0 Å². The molecule has 0 unspecified atom stereocenters. The molecule has 19 heavy (non-hydrogen) atoms. The van der Waals surface area contributed by atoms with Gasteiger partial charge in [0, 0.05) is 7.05 Å². The van der Waals surface area contributed by atoms with Gasteiger partial charge in [-0.25, -0.2) is 4.79 Å². The van der Waals surface area contributed by atoms with Crippen LogP contribution in [0.5, 0.6) is 0 Å². The summed E-state index contributed by atoms with van der Waals surface area (Å²) in [6.07, 6.45) is -2.16. The van der Waals surface area contributed by atoms with Crippen LogP contribution in [0.1, 0.15) is 0 Å². The molecular formula is C6H14N2O9P2. The second kappa shape index (κ2) is 6.47. The summed E-state index contributed by atoms with van der Waals surface area (Å²) in [5.41, 5.74) is 0. The van der Waals surface area contributed by atoms with Gasteiger partial charge in [0.1, 0.15) is 19.1 Å². The Morgan fingerprint density at radius 1 is 1.00 bits per heavy atom. The molecular weight excluding hydrogens is 306 g/mol. The van der Waals surface area contributed by atoms with E-state index in [-0.39, 0.29) is 0 Å². The van der Waals surface area contributed by atoms with Gasteiger partial charge in [-0.1, -0.05) is 0 Å². The van der Waals surface area contributed by atoms with E-state index in [2.05, 4.69) is 0 Å². The van der Waals surface area contributed by atoms with E-state index in [1.807, 2.05) is 0 Å². The predicted octanol–water partition coefficient (Wildman–Crippen LogP) is -1.30. The van der Waals surface area contributed by atoms with Gasteiger partial charge in [0.15, 0.2) is 0 Å². The number of amides is 2. The van der Waals surface area contributed by atoms with Crippen molar-refractivity contribution in [2.24, 2.45) is 0 Å². The van der Waals surface area contributed by atoms with E-state index in [1.165, 1.54) is 0 Å². The third-order valence-electron chi connectivity index (χ3n) is 1.67. The van der Waals surface area contributed by atoms with Gasteiger partial charge >= 0.3 is 27.2 Å². The smallest absolute Gasteiger partial charge is 0.344 e. The first-order valence-corrected chi connectivity index (χ1v) is 8.22. The van der Waals surface area contributed by atoms with Crippen LogP contribution in [0.4, 0.5) is 4.79 Å². The maximum Gasteiger partial charge on any atom is 0.344 e. The van der Waals surface area contributed by atoms with E-state index < -0.39 is 46.3 Å². The normalized spacial score (nSPS) is 12.1. The molecule has 5 N–H and O–H groups in total. The Morgan fingerprint density at radius 3 is 1.74 bits per heavy atom. The number of urea groups is 1. The van der Waals surface area contributed by atoms with Crippen molar-refractivity contribution < 1.29 is 43.4 Å². The van der Waals surface area contributed by atoms with E-state index in [0.29, 0.717) is 9.80 Å². The Bertz CT molecular complexity index is 440. The van der Waals surface area contributed by atoms with E-state index in [1.54, 1.807) is 0 Å². The molecule has 11 nitrogen and oxygen atoms in total. The molecule has 0 aromatic heterocycles. The molecule has 0 aliphatic heterocycles. The fourth-order valence-electron chi connectivity index (χ4n) is 1.14. The number of hydrogen-bond donors (Lipinski definition) is 5. The minimum Gasteiger partial charge on any atom is -0.480 e. The van der Waals surface area contributed by atoms with Crippen LogP contribution in [0.25, 0.3) is 0 Å². The van der Waals surface area contributed by atoms with Crippen LogP contribution in [-0.2, 0) is 13.9 Å². The van der Waals surface area contributed by atoms with Gasteiger partial charge in [-0.3, -0.25) is 13.9 Å². The van der Waals surface area contributed by atoms with Gasteiger partial charge in [0.05, 0.1) is 0 Å². The second-order valence-corrected chi connectivity index (χ2v) is 6.91. The Hall–Kier alpha value is -0.960. The Labute approximate surface area is 107 Å². The Kier molecular flexibility index (Phi) is 6.14. The monoisotopic (exact) mass is 320 g/mol. The molecule has 0 fully saturated rings. The molecule has 0 rings (SSSR count). The molecule has 0 saturated heterocycles. The summed E-state index contributed by atoms with van der Waals surface area (Å²) in [7, 11) is -8.30. The lowest BCUT2D eigenvalue weighted by Gasteiger charge is -2.27. The zero-order valence-electron chi connectivity index (χ0n) is 9.78. The van der Waals surface area contributed by atoms with Crippen molar-refractivity contribution >= 4 is 27.2 Å². The van der Waals surface area contributed by atoms with Crippen LogP contribution in [0.15, 0.2) is 0 Å².